The molecule has 0 aliphatic rings. The van der Waals surface area contributed by atoms with Gasteiger partial charge in [0.2, 0.25) is 0 Å². The van der Waals surface area contributed by atoms with Crippen molar-refractivity contribution in [2.45, 2.75) is 58.1 Å². The molecule has 0 bridgehead atoms. The average Bonchev–Trinajstić information content (AvgIpc) is 2.63. The van der Waals surface area contributed by atoms with Gasteiger partial charge in [0.25, 0.3) is 0 Å². The van der Waals surface area contributed by atoms with E-state index in [1.54, 1.807) is 6.07 Å². The first kappa shape index (κ1) is 23.4. The summed E-state index contributed by atoms with van der Waals surface area (Å²) in [6.07, 6.45) is 3.25. The quantitative estimate of drug-likeness (QED) is 0.364. The molecule has 2 aromatic carbocycles. The SMILES string of the molecule is CCCCCCOC(=O)NC(c1cccc2ccccc12)C(C)(C)OP(=O)(O)O. The van der Waals surface area contributed by atoms with Crippen LogP contribution in [0.4, 0.5) is 4.79 Å². The molecule has 8 heteroatoms. The number of nitrogens with one attached hydrogen (secondary N) is 1. The first-order valence-electron chi connectivity index (χ1n) is 9.81. The first-order valence-corrected chi connectivity index (χ1v) is 11.3. The molecular weight excluding hydrogens is 393 g/mol. The van der Waals surface area contributed by atoms with Crippen LogP contribution in [0.15, 0.2) is 42.5 Å². The van der Waals surface area contributed by atoms with E-state index in [9.17, 15) is 19.1 Å². The van der Waals surface area contributed by atoms with E-state index in [0.717, 1.165) is 36.5 Å². The van der Waals surface area contributed by atoms with Crippen LogP contribution < -0.4 is 5.32 Å². The van der Waals surface area contributed by atoms with Gasteiger partial charge in [-0.3, -0.25) is 4.52 Å². The lowest BCUT2D eigenvalue weighted by atomic mass is 9.88. The Hall–Kier alpha value is -1.92. The highest BCUT2D eigenvalue weighted by Crippen LogP contribution is 2.46. The Morgan fingerprint density at radius 3 is 2.48 bits per heavy atom. The van der Waals surface area contributed by atoms with Crippen molar-refractivity contribution < 1.29 is 28.4 Å². The minimum Gasteiger partial charge on any atom is -0.450 e. The number of hydrogen-bond donors (Lipinski definition) is 3. The average molecular weight is 423 g/mol. The minimum atomic E-state index is -4.79. The summed E-state index contributed by atoms with van der Waals surface area (Å²) in [5.74, 6) is 0. The lowest BCUT2D eigenvalue weighted by Crippen LogP contribution is -2.44. The van der Waals surface area contributed by atoms with E-state index in [0.29, 0.717) is 5.56 Å². The van der Waals surface area contributed by atoms with Gasteiger partial charge in [-0.05, 0) is 36.6 Å². The second-order valence-electron chi connectivity index (χ2n) is 7.53. The maximum absolute atomic E-state index is 12.4. The monoisotopic (exact) mass is 423 g/mol. The number of carbonyl (C=O) groups excluding carboxylic acids is 1. The van der Waals surface area contributed by atoms with Gasteiger partial charge in [-0.1, -0.05) is 68.7 Å². The number of carbonyl (C=O) groups is 1. The lowest BCUT2D eigenvalue weighted by molar-refractivity contribution is 0.0286. The van der Waals surface area contributed by atoms with Crippen LogP contribution >= 0.6 is 7.82 Å². The molecule has 0 radical (unpaired) electrons. The molecule has 1 atom stereocenters. The zero-order valence-electron chi connectivity index (χ0n) is 17.1. The number of hydrogen-bond acceptors (Lipinski definition) is 4. The second-order valence-corrected chi connectivity index (χ2v) is 8.69. The second kappa shape index (κ2) is 10.2. The van der Waals surface area contributed by atoms with Gasteiger partial charge in [-0.15, -0.1) is 0 Å². The van der Waals surface area contributed by atoms with Gasteiger partial charge in [0.05, 0.1) is 18.2 Å². The van der Waals surface area contributed by atoms with Crippen molar-refractivity contribution in [3.05, 3.63) is 48.0 Å². The van der Waals surface area contributed by atoms with Crippen LogP contribution in [-0.4, -0.2) is 28.1 Å². The molecule has 3 N–H and O–H groups in total. The summed E-state index contributed by atoms with van der Waals surface area (Å²) < 4.78 is 21.9. The molecule has 1 amide bonds. The van der Waals surface area contributed by atoms with Crippen molar-refractivity contribution in [2.75, 3.05) is 6.61 Å². The molecule has 0 spiro atoms. The molecule has 0 aliphatic heterocycles. The summed E-state index contributed by atoms with van der Waals surface area (Å²) in [4.78, 5) is 31.2. The summed E-state index contributed by atoms with van der Waals surface area (Å²) in [5, 5.41) is 4.54. The molecule has 0 saturated heterocycles. The van der Waals surface area contributed by atoms with Gasteiger partial charge in [0.1, 0.15) is 0 Å². The van der Waals surface area contributed by atoms with E-state index < -0.39 is 25.6 Å². The van der Waals surface area contributed by atoms with Crippen LogP contribution in [0.2, 0.25) is 0 Å². The fourth-order valence-corrected chi connectivity index (χ4v) is 4.06. The number of ether oxygens (including phenoxy) is 1. The van der Waals surface area contributed by atoms with E-state index >= 15 is 0 Å². The number of fused-ring (bicyclic) bond motifs is 1. The molecule has 7 nitrogen and oxygen atoms in total. The number of amides is 1. The Kier molecular flexibility index (Phi) is 8.23. The predicted octanol–water partition coefficient (Wildman–Crippen LogP) is 5.08. The van der Waals surface area contributed by atoms with E-state index in [1.807, 2.05) is 36.4 Å². The van der Waals surface area contributed by atoms with Crippen LogP contribution in [0.25, 0.3) is 10.8 Å². The van der Waals surface area contributed by atoms with Gasteiger partial charge in [0, 0.05) is 0 Å². The predicted molar refractivity (Wildman–Crippen MR) is 113 cm³/mol. The molecule has 0 aliphatic carbocycles. The van der Waals surface area contributed by atoms with Gasteiger partial charge in [-0.25, -0.2) is 9.36 Å². The Morgan fingerprint density at radius 2 is 1.79 bits per heavy atom. The fraction of sp³-hybridized carbons (Fsp3) is 0.476. The Bertz CT molecular complexity index is 858. The molecule has 2 aromatic rings. The summed E-state index contributed by atoms with van der Waals surface area (Å²) in [6, 6.07) is 12.3. The highest BCUT2D eigenvalue weighted by atomic mass is 31.2. The van der Waals surface area contributed by atoms with Crippen molar-refractivity contribution in [3.8, 4) is 0 Å². The minimum absolute atomic E-state index is 0.286. The molecule has 1 unspecified atom stereocenters. The summed E-state index contributed by atoms with van der Waals surface area (Å²) in [7, 11) is -4.79. The Morgan fingerprint density at radius 1 is 1.10 bits per heavy atom. The molecule has 29 heavy (non-hydrogen) atoms. The van der Waals surface area contributed by atoms with Crippen molar-refractivity contribution >= 4 is 24.7 Å². The summed E-state index contributed by atoms with van der Waals surface area (Å²) in [6.45, 7) is 5.44. The zero-order chi connectivity index (χ0) is 21.5. The molecule has 0 fully saturated rings. The Labute approximate surface area is 171 Å². The van der Waals surface area contributed by atoms with Gasteiger partial charge >= 0.3 is 13.9 Å². The highest BCUT2D eigenvalue weighted by molar-refractivity contribution is 7.46. The third-order valence-electron chi connectivity index (χ3n) is 4.68. The number of unbranched alkanes of at least 4 members (excludes halogenated alkanes) is 3. The zero-order valence-corrected chi connectivity index (χ0v) is 18.0. The van der Waals surface area contributed by atoms with Crippen LogP contribution in [-0.2, 0) is 13.8 Å². The first-order chi connectivity index (χ1) is 13.6. The molecule has 0 heterocycles. The molecule has 160 valence electrons. The number of phosphoric ester groups is 1. The van der Waals surface area contributed by atoms with Crippen molar-refractivity contribution in [1.82, 2.24) is 5.32 Å². The fourth-order valence-electron chi connectivity index (χ4n) is 3.34. The van der Waals surface area contributed by atoms with E-state index in [1.165, 1.54) is 13.8 Å². The molecule has 0 aromatic heterocycles. The number of rotatable bonds is 10. The number of phosphoric acid groups is 1. The molecule has 0 saturated carbocycles. The van der Waals surface area contributed by atoms with E-state index in [2.05, 4.69) is 12.2 Å². The Balaban J connectivity index is 2.29. The van der Waals surface area contributed by atoms with Crippen LogP contribution in [0, 0.1) is 0 Å². The van der Waals surface area contributed by atoms with Gasteiger partial charge < -0.3 is 19.8 Å². The van der Waals surface area contributed by atoms with Crippen LogP contribution in [0.5, 0.6) is 0 Å². The maximum atomic E-state index is 12.4. The topological polar surface area (TPSA) is 105 Å². The normalized spacial score (nSPS) is 13.3. The van der Waals surface area contributed by atoms with E-state index in [-0.39, 0.29) is 6.61 Å². The third kappa shape index (κ3) is 7.12. The summed E-state index contributed by atoms with van der Waals surface area (Å²) in [5.41, 5.74) is -0.714. The highest BCUT2D eigenvalue weighted by Gasteiger charge is 2.39. The largest absolute Gasteiger partial charge is 0.470 e. The van der Waals surface area contributed by atoms with E-state index in [4.69, 9.17) is 9.26 Å². The van der Waals surface area contributed by atoms with Gasteiger partial charge in [0.15, 0.2) is 0 Å². The molecule has 2 rings (SSSR count). The van der Waals surface area contributed by atoms with Crippen LogP contribution in [0.3, 0.4) is 0 Å². The van der Waals surface area contributed by atoms with Crippen molar-refractivity contribution in [3.63, 3.8) is 0 Å². The maximum Gasteiger partial charge on any atom is 0.470 e. The smallest absolute Gasteiger partial charge is 0.450 e. The van der Waals surface area contributed by atoms with Crippen molar-refractivity contribution in [1.29, 1.82) is 0 Å². The van der Waals surface area contributed by atoms with Crippen molar-refractivity contribution in [2.24, 2.45) is 0 Å². The number of benzene rings is 2. The summed E-state index contributed by atoms with van der Waals surface area (Å²) >= 11 is 0. The standard InChI is InChI=1S/C21H30NO6P/c1-4-5-6-9-15-27-20(23)22-19(21(2,3)28-29(24,25)26)18-14-10-12-16-11-7-8-13-17(16)18/h7-8,10-14,19H,4-6,9,15H2,1-3H3,(H,22,23)(H2,24,25,26). The lowest BCUT2D eigenvalue weighted by Gasteiger charge is -2.35. The third-order valence-corrected chi connectivity index (χ3v) is 5.39. The number of alkyl carbamates (subject to hydrolysis) is 1. The van der Waals surface area contributed by atoms with Gasteiger partial charge in [-0.2, -0.15) is 0 Å². The molecular formula is C21H30NO6P. The van der Waals surface area contributed by atoms with Crippen LogP contribution in [0.1, 0.15) is 58.1 Å².